The van der Waals surface area contributed by atoms with Gasteiger partial charge in [-0.1, -0.05) is 107 Å². The van der Waals surface area contributed by atoms with Crippen LogP contribution < -0.4 is 0 Å². The summed E-state index contributed by atoms with van der Waals surface area (Å²) in [5.41, 5.74) is 7.69. The van der Waals surface area contributed by atoms with Crippen LogP contribution in [0.1, 0.15) is 75.4 Å². The second-order valence-corrected chi connectivity index (χ2v) is 15.0. The number of rotatable bonds is 4. The molecule has 0 bridgehead atoms. The quantitative estimate of drug-likeness (QED) is 0.201. The molecule has 0 amide bonds. The van der Waals surface area contributed by atoms with Crippen molar-refractivity contribution < 1.29 is 0 Å². The Kier molecular flexibility index (Phi) is 6.61. The van der Waals surface area contributed by atoms with Crippen molar-refractivity contribution in [2.75, 3.05) is 0 Å². The van der Waals surface area contributed by atoms with E-state index in [0.717, 1.165) is 35.0 Å². The Morgan fingerprint density at radius 2 is 1.29 bits per heavy atom. The van der Waals surface area contributed by atoms with Gasteiger partial charge >= 0.3 is 0 Å². The minimum atomic E-state index is 0.0803. The predicted molar refractivity (Wildman–Crippen MR) is 190 cm³/mol. The Labute approximate surface area is 269 Å². The van der Waals surface area contributed by atoms with Gasteiger partial charge in [-0.15, -0.1) is 11.3 Å². The second kappa shape index (κ2) is 10.6. The molecule has 0 saturated heterocycles. The van der Waals surface area contributed by atoms with E-state index in [9.17, 15) is 0 Å². The summed E-state index contributed by atoms with van der Waals surface area (Å²) in [4.78, 5) is 15.5. The third kappa shape index (κ3) is 5.02. The Morgan fingerprint density at radius 3 is 2.04 bits per heavy atom. The average molecular weight is 604 g/mol. The van der Waals surface area contributed by atoms with E-state index in [4.69, 9.17) is 15.0 Å². The number of benzene rings is 4. The van der Waals surface area contributed by atoms with Gasteiger partial charge in [0.25, 0.3) is 0 Å². The minimum Gasteiger partial charge on any atom is -0.212 e. The van der Waals surface area contributed by atoms with Crippen molar-refractivity contribution >= 4 is 37.1 Å². The van der Waals surface area contributed by atoms with Crippen LogP contribution in [0.15, 0.2) is 109 Å². The Bertz CT molecular complexity index is 2150. The molecule has 3 nitrogen and oxygen atoms in total. The zero-order chi connectivity index (χ0) is 30.8. The molecule has 2 aromatic heterocycles. The number of hydrogen-bond donors (Lipinski definition) is 0. The fraction of sp³-hybridized carbons (Fsp3) is 0.244. The maximum Gasteiger partial charge on any atom is 0.163 e. The maximum absolute atomic E-state index is 5.19. The second-order valence-electron chi connectivity index (χ2n) is 13.9. The van der Waals surface area contributed by atoms with Crippen LogP contribution in [-0.4, -0.2) is 15.0 Å². The van der Waals surface area contributed by atoms with E-state index in [1.165, 1.54) is 55.3 Å². The number of thiophene rings is 1. The van der Waals surface area contributed by atoms with Gasteiger partial charge in [0.2, 0.25) is 0 Å². The monoisotopic (exact) mass is 603 g/mol. The Balaban J connectivity index is 1.26. The molecule has 6 aromatic rings. The summed E-state index contributed by atoms with van der Waals surface area (Å²) in [6.07, 6.45) is 10.0. The maximum atomic E-state index is 5.19. The third-order valence-electron chi connectivity index (χ3n) is 9.94. The zero-order valence-electron chi connectivity index (χ0n) is 26.3. The lowest BCUT2D eigenvalue weighted by molar-refractivity contribution is 0.332. The van der Waals surface area contributed by atoms with Crippen LogP contribution in [0.4, 0.5) is 0 Å². The average Bonchev–Trinajstić information content (AvgIpc) is 3.45. The molecule has 2 aliphatic carbocycles. The van der Waals surface area contributed by atoms with Crippen LogP contribution in [0.3, 0.4) is 0 Å². The van der Waals surface area contributed by atoms with Gasteiger partial charge in [-0.3, -0.25) is 0 Å². The van der Waals surface area contributed by atoms with Crippen molar-refractivity contribution in [3.63, 3.8) is 0 Å². The summed E-state index contributed by atoms with van der Waals surface area (Å²) in [7, 11) is 0. The van der Waals surface area contributed by atoms with Gasteiger partial charge in [-0.25, -0.2) is 15.0 Å². The largest absolute Gasteiger partial charge is 0.212 e. The van der Waals surface area contributed by atoms with Crippen LogP contribution >= 0.6 is 11.3 Å². The lowest BCUT2D eigenvalue weighted by Crippen LogP contribution is -2.33. The van der Waals surface area contributed by atoms with Crippen molar-refractivity contribution in [1.82, 2.24) is 15.0 Å². The number of nitrogens with zero attached hydrogens (tertiary/aromatic N) is 3. The molecule has 2 heterocycles. The van der Waals surface area contributed by atoms with Gasteiger partial charge in [0, 0.05) is 37.2 Å². The van der Waals surface area contributed by atoms with Crippen molar-refractivity contribution in [3.8, 4) is 22.8 Å². The number of aromatic nitrogens is 3. The summed E-state index contributed by atoms with van der Waals surface area (Å²) < 4.78 is 2.58. The fourth-order valence-corrected chi connectivity index (χ4v) is 8.15. The van der Waals surface area contributed by atoms with E-state index in [1.54, 1.807) is 0 Å². The highest BCUT2D eigenvalue weighted by atomic mass is 32.1. The Morgan fingerprint density at radius 1 is 0.622 bits per heavy atom. The molecule has 4 aromatic carbocycles. The first-order chi connectivity index (χ1) is 21.7. The van der Waals surface area contributed by atoms with E-state index in [0.29, 0.717) is 0 Å². The minimum absolute atomic E-state index is 0.0803. The molecule has 1 unspecified atom stereocenters. The third-order valence-corrected chi connectivity index (χ3v) is 11.1. The highest BCUT2D eigenvalue weighted by Gasteiger charge is 2.37. The number of hydrogen-bond acceptors (Lipinski definition) is 4. The first-order valence-electron chi connectivity index (χ1n) is 16.0. The van der Waals surface area contributed by atoms with Gasteiger partial charge < -0.3 is 0 Å². The normalized spacial score (nSPS) is 18.6. The molecule has 2 aliphatic rings. The summed E-state index contributed by atoms with van der Waals surface area (Å²) in [6.45, 7) is 9.49. The molecule has 45 heavy (non-hydrogen) atoms. The first kappa shape index (κ1) is 28.1. The van der Waals surface area contributed by atoms with Crippen LogP contribution in [0.2, 0.25) is 0 Å². The summed E-state index contributed by atoms with van der Waals surface area (Å²) >= 11 is 1.83. The molecule has 0 saturated carbocycles. The van der Waals surface area contributed by atoms with Crippen molar-refractivity contribution in [1.29, 1.82) is 0 Å². The van der Waals surface area contributed by atoms with Gasteiger partial charge in [-0.2, -0.15) is 0 Å². The Hall–Kier alpha value is -4.41. The topological polar surface area (TPSA) is 38.7 Å². The lowest BCUT2D eigenvalue weighted by atomic mass is 9.63. The number of allylic oxidation sites excluding steroid dienone is 4. The number of fused-ring (bicyclic) bond motifs is 4. The molecule has 0 radical (unpaired) electrons. The highest BCUT2D eigenvalue weighted by molar-refractivity contribution is 7.25. The van der Waals surface area contributed by atoms with Crippen LogP contribution in [0, 0.1) is 0 Å². The van der Waals surface area contributed by atoms with Gasteiger partial charge in [0.15, 0.2) is 11.6 Å². The molecular weight excluding hydrogens is 567 g/mol. The molecule has 1 atom stereocenters. The van der Waals surface area contributed by atoms with E-state index in [1.807, 2.05) is 11.3 Å². The van der Waals surface area contributed by atoms with E-state index in [2.05, 4.69) is 137 Å². The van der Waals surface area contributed by atoms with Crippen molar-refractivity contribution in [3.05, 3.63) is 132 Å². The molecule has 4 heteroatoms. The van der Waals surface area contributed by atoms with E-state index in [-0.39, 0.29) is 16.7 Å². The summed E-state index contributed by atoms with van der Waals surface area (Å²) in [5.74, 6) is 2.38. The predicted octanol–water partition coefficient (Wildman–Crippen LogP) is 11.0. The van der Waals surface area contributed by atoms with Crippen molar-refractivity contribution in [2.24, 2.45) is 0 Å². The molecule has 0 spiro atoms. The van der Waals surface area contributed by atoms with E-state index < -0.39 is 0 Å². The molecular formula is C41H37N3S. The fourth-order valence-electron chi connectivity index (χ4n) is 7.07. The zero-order valence-corrected chi connectivity index (χ0v) is 27.2. The highest BCUT2D eigenvalue weighted by Crippen LogP contribution is 2.47. The lowest BCUT2D eigenvalue weighted by Gasteiger charge is -2.42. The van der Waals surface area contributed by atoms with Crippen LogP contribution in [0.5, 0.6) is 0 Å². The van der Waals surface area contributed by atoms with Crippen LogP contribution in [0.25, 0.3) is 48.5 Å². The van der Waals surface area contributed by atoms with Gasteiger partial charge in [-0.05, 0) is 82.7 Å². The SMILES string of the molecule is CC1(C)CCC(C)(C)c2cc(-c3nc(-c4ccc5sc6ccccc6c5c4)nc(C4C=CC(c5ccccc5)=CC4)n3)ccc21. The molecule has 0 fully saturated rings. The smallest absolute Gasteiger partial charge is 0.163 e. The standard InChI is InChI=1S/C41H37N3S/c1-40(2)22-23-41(3,4)34-25-30(18-20-33(34)40)39-43-37(28-16-14-27(15-17-28)26-10-6-5-7-11-26)42-38(44-39)29-19-21-36-32(24-29)31-12-8-9-13-35(31)45-36/h5-16,18-21,24-25,28H,17,22-23H2,1-4H3. The molecule has 0 aliphatic heterocycles. The summed E-state index contributed by atoms with van der Waals surface area (Å²) in [6, 6.07) is 32.8. The van der Waals surface area contributed by atoms with Gasteiger partial charge in [0.05, 0.1) is 0 Å². The van der Waals surface area contributed by atoms with Crippen molar-refractivity contribution in [2.45, 2.75) is 63.7 Å². The van der Waals surface area contributed by atoms with Crippen LogP contribution in [-0.2, 0) is 10.8 Å². The first-order valence-corrected chi connectivity index (χ1v) is 16.8. The van der Waals surface area contributed by atoms with E-state index >= 15 is 0 Å². The molecule has 8 rings (SSSR count). The molecule has 0 N–H and O–H groups in total. The molecule has 222 valence electrons. The summed E-state index contributed by atoms with van der Waals surface area (Å²) in [5, 5.41) is 2.53. The van der Waals surface area contributed by atoms with Gasteiger partial charge in [0.1, 0.15) is 5.82 Å².